The summed E-state index contributed by atoms with van der Waals surface area (Å²) in [6.45, 7) is 4.24. The molecule has 138 valence electrons. The van der Waals surface area contributed by atoms with E-state index in [1.807, 2.05) is 31.2 Å². The summed E-state index contributed by atoms with van der Waals surface area (Å²) in [4.78, 5) is 24.0. The second-order valence-electron chi connectivity index (χ2n) is 6.03. The Kier molecular flexibility index (Phi) is 7.66. The highest BCUT2D eigenvalue weighted by atomic mass is 32.2. The van der Waals surface area contributed by atoms with Gasteiger partial charge >= 0.3 is 0 Å². The summed E-state index contributed by atoms with van der Waals surface area (Å²) < 4.78 is 12.8. The highest BCUT2D eigenvalue weighted by Crippen LogP contribution is 2.13. The third-order valence-electron chi connectivity index (χ3n) is 3.80. The number of rotatable bonds is 8. The van der Waals surface area contributed by atoms with Crippen LogP contribution in [0.2, 0.25) is 0 Å². The van der Waals surface area contributed by atoms with Crippen molar-refractivity contribution in [1.82, 2.24) is 5.32 Å². The van der Waals surface area contributed by atoms with E-state index in [1.165, 1.54) is 23.9 Å². The molecule has 1 atom stereocenters. The Morgan fingerprint density at radius 2 is 1.73 bits per heavy atom. The van der Waals surface area contributed by atoms with Crippen molar-refractivity contribution in [3.8, 4) is 0 Å². The summed E-state index contributed by atoms with van der Waals surface area (Å²) in [6.07, 6.45) is 0.636. The van der Waals surface area contributed by atoms with Gasteiger partial charge in [-0.3, -0.25) is 9.59 Å². The first-order chi connectivity index (χ1) is 12.4. The Balaban J connectivity index is 1.66. The second kappa shape index (κ2) is 9.97. The van der Waals surface area contributed by atoms with Crippen molar-refractivity contribution in [3.63, 3.8) is 0 Å². The average molecular weight is 374 g/mol. The number of amides is 2. The van der Waals surface area contributed by atoms with Crippen LogP contribution in [-0.2, 0) is 16.0 Å². The highest BCUT2D eigenvalue weighted by Gasteiger charge is 2.15. The van der Waals surface area contributed by atoms with Crippen molar-refractivity contribution >= 4 is 29.3 Å². The molecule has 0 aliphatic rings. The number of hydrogen-bond donors (Lipinski definition) is 2. The zero-order valence-corrected chi connectivity index (χ0v) is 15.7. The number of thioether (sulfide) groups is 1. The molecular weight excluding hydrogens is 351 g/mol. The van der Waals surface area contributed by atoms with Crippen LogP contribution >= 0.6 is 11.8 Å². The lowest BCUT2D eigenvalue weighted by atomic mass is 10.1. The van der Waals surface area contributed by atoms with Crippen LogP contribution in [0.5, 0.6) is 0 Å². The normalized spacial score (nSPS) is 11.7. The van der Waals surface area contributed by atoms with Crippen LogP contribution in [0.4, 0.5) is 10.1 Å². The molecule has 2 amide bonds. The van der Waals surface area contributed by atoms with E-state index < -0.39 is 0 Å². The number of carbonyl (C=O) groups is 2. The number of carbonyl (C=O) groups excluding carboxylic acids is 2. The Morgan fingerprint density at radius 1 is 1.08 bits per heavy atom. The van der Waals surface area contributed by atoms with Gasteiger partial charge in [0.2, 0.25) is 11.8 Å². The minimum atomic E-state index is -0.327. The molecule has 1 unspecified atom stereocenters. The first kappa shape index (κ1) is 20.0. The highest BCUT2D eigenvalue weighted by molar-refractivity contribution is 8.01. The maximum absolute atomic E-state index is 12.8. The summed E-state index contributed by atoms with van der Waals surface area (Å²) in [6, 6.07) is 13.8. The standard InChI is InChI=1S/C20H23FN2O2S/c1-14-3-9-18(10-4-14)23-19(24)13-26-15(2)20(25)22-12-11-16-5-7-17(21)8-6-16/h3-10,15H,11-13H2,1-2H3,(H,22,25)(H,23,24). The Bertz CT molecular complexity index is 732. The zero-order chi connectivity index (χ0) is 18.9. The molecule has 0 heterocycles. The van der Waals surface area contributed by atoms with Crippen LogP contribution in [0.3, 0.4) is 0 Å². The van der Waals surface area contributed by atoms with Gasteiger partial charge in [0.15, 0.2) is 0 Å². The molecule has 0 saturated heterocycles. The molecule has 2 aromatic carbocycles. The van der Waals surface area contributed by atoms with Crippen molar-refractivity contribution in [3.05, 3.63) is 65.5 Å². The molecule has 0 radical (unpaired) electrons. The monoisotopic (exact) mass is 374 g/mol. The molecule has 2 rings (SSSR count). The fourth-order valence-corrected chi connectivity index (χ4v) is 2.94. The van der Waals surface area contributed by atoms with Gasteiger partial charge in [-0.1, -0.05) is 29.8 Å². The van der Waals surface area contributed by atoms with E-state index in [1.54, 1.807) is 19.1 Å². The Morgan fingerprint density at radius 3 is 2.38 bits per heavy atom. The van der Waals surface area contributed by atoms with E-state index in [2.05, 4.69) is 10.6 Å². The fourth-order valence-electron chi connectivity index (χ4n) is 2.24. The zero-order valence-electron chi connectivity index (χ0n) is 14.9. The quantitative estimate of drug-likeness (QED) is 0.743. The first-order valence-electron chi connectivity index (χ1n) is 8.44. The molecule has 0 fully saturated rings. The van der Waals surface area contributed by atoms with E-state index in [9.17, 15) is 14.0 Å². The number of nitrogens with one attached hydrogen (secondary N) is 2. The Hall–Kier alpha value is -2.34. The van der Waals surface area contributed by atoms with Gasteiger partial charge in [-0.05, 0) is 50.1 Å². The predicted octanol–water partition coefficient (Wildman–Crippen LogP) is 3.55. The molecule has 0 aliphatic heterocycles. The molecule has 0 aromatic heterocycles. The average Bonchev–Trinajstić information content (AvgIpc) is 2.63. The number of anilines is 1. The summed E-state index contributed by atoms with van der Waals surface area (Å²) in [5.41, 5.74) is 2.84. The summed E-state index contributed by atoms with van der Waals surface area (Å²) in [5, 5.41) is 5.32. The van der Waals surface area contributed by atoms with Gasteiger partial charge in [0.05, 0.1) is 11.0 Å². The summed E-state index contributed by atoms with van der Waals surface area (Å²) >= 11 is 1.29. The van der Waals surface area contributed by atoms with Crippen molar-refractivity contribution in [1.29, 1.82) is 0 Å². The lowest BCUT2D eigenvalue weighted by molar-refractivity contribution is -0.120. The van der Waals surface area contributed by atoms with Gasteiger partial charge in [-0.25, -0.2) is 4.39 Å². The van der Waals surface area contributed by atoms with E-state index >= 15 is 0 Å². The molecular formula is C20H23FN2O2S. The van der Waals surface area contributed by atoms with Crippen molar-refractivity contribution in [2.45, 2.75) is 25.5 Å². The Labute approximate surface area is 157 Å². The molecule has 0 bridgehead atoms. The van der Waals surface area contributed by atoms with Crippen LogP contribution in [0.15, 0.2) is 48.5 Å². The SMILES string of the molecule is Cc1ccc(NC(=O)CSC(C)C(=O)NCCc2ccc(F)cc2)cc1. The van der Waals surface area contributed by atoms with Crippen molar-refractivity contribution in [2.75, 3.05) is 17.6 Å². The van der Waals surface area contributed by atoms with Gasteiger partial charge in [-0.15, -0.1) is 11.8 Å². The molecule has 0 spiro atoms. The lowest BCUT2D eigenvalue weighted by Crippen LogP contribution is -2.33. The maximum atomic E-state index is 12.8. The minimum Gasteiger partial charge on any atom is -0.355 e. The van der Waals surface area contributed by atoms with Crippen LogP contribution < -0.4 is 10.6 Å². The number of benzene rings is 2. The van der Waals surface area contributed by atoms with Gasteiger partial charge in [0.1, 0.15) is 5.82 Å². The van der Waals surface area contributed by atoms with E-state index in [0.717, 1.165) is 16.8 Å². The molecule has 26 heavy (non-hydrogen) atoms. The summed E-state index contributed by atoms with van der Waals surface area (Å²) in [5.74, 6) is -0.308. The maximum Gasteiger partial charge on any atom is 0.234 e. The summed E-state index contributed by atoms with van der Waals surface area (Å²) in [7, 11) is 0. The van der Waals surface area contributed by atoms with Crippen LogP contribution in [-0.4, -0.2) is 29.4 Å². The second-order valence-corrected chi connectivity index (χ2v) is 7.36. The van der Waals surface area contributed by atoms with Crippen LogP contribution in [0, 0.1) is 12.7 Å². The van der Waals surface area contributed by atoms with Gasteiger partial charge in [0.25, 0.3) is 0 Å². The molecule has 4 nitrogen and oxygen atoms in total. The van der Waals surface area contributed by atoms with Gasteiger partial charge in [-0.2, -0.15) is 0 Å². The van der Waals surface area contributed by atoms with Gasteiger partial charge in [0, 0.05) is 12.2 Å². The third kappa shape index (κ3) is 6.88. The number of halogens is 1. The van der Waals surface area contributed by atoms with Crippen molar-refractivity contribution < 1.29 is 14.0 Å². The smallest absolute Gasteiger partial charge is 0.234 e. The third-order valence-corrected chi connectivity index (χ3v) is 4.94. The van der Waals surface area contributed by atoms with E-state index in [-0.39, 0.29) is 28.6 Å². The van der Waals surface area contributed by atoms with Crippen LogP contribution in [0.1, 0.15) is 18.1 Å². The molecule has 0 saturated carbocycles. The van der Waals surface area contributed by atoms with Gasteiger partial charge < -0.3 is 10.6 Å². The first-order valence-corrected chi connectivity index (χ1v) is 9.49. The van der Waals surface area contributed by atoms with Crippen LogP contribution in [0.25, 0.3) is 0 Å². The van der Waals surface area contributed by atoms with E-state index in [0.29, 0.717) is 13.0 Å². The number of hydrogen-bond acceptors (Lipinski definition) is 3. The number of aryl methyl sites for hydroxylation is 1. The molecule has 2 aromatic rings. The topological polar surface area (TPSA) is 58.2 Å². The van der Waals surface area contributed by atoms with Crippen molar-refractivity contribution in [2.24, 2.45) is 0 Å². The molecule has 6 heteroatoms. The minimum absolute atomic E-state index is 0.111. The molecule has 2 N–H and O–H groups in total. The predicted molar refractivity (Wildman–Crippen MR) is 105 cm³/mol. The lowest BCUT2D eigenvalue weighted by Gasteiger charge is -2.12. The van der Waals surface area contributed by atoms with E-state index in [4.69, 9.17) is 0 Å². The molecule has 0 aliphatic carbocycles. The fraction of sp³-hybridized carbons (Fsp3) is 0.300. The largest absolute Gasteiger partial charge is 0.355 e.